The Labute approximate surface area is 109 Å². The molecule has 0 aliphatic heterocycles. The van der Waals surface area contributed by atoms with E-state index in [1.54, 1.807) is 0 Å². The molecule has 1 rings (SSSR count). The second-order valence-electron chi connectivity index (χ2n) is 3.70. The molecule has 1 atom stereocenters. The van der Waals surface area contributed by atoms with Gasteiger partial charge < -0.3 is 15.8 Å². The number of nitrogen functional groups attached to an aromatic ring is 1. The van der Waals surface area contributed by atoms with Gasteiger partial charge in [0.2, 0.25) is 0 Å². The van der Waals surface area contributed by atoms with E-state index in [0.717, 1.165) is 19.4 Å². The van der Waals surface area contributed by atoms with Crippen LogP contribution in [-0.2, 0) is 0 Å². The Morgan fingerprint density at radius 2 is 2.18 bits per heavy atom. The van der Waals surface area contributed by atoms with Gasteiger partial charge in [-0.25, -0.2) is 15.8 Å². The van der Waals surface area contributed by atoms with Crippen LogP contribution >= 0.6 is 15.9 Å². The summed E-state index contributed by atoms with van der Waals surface area (Å²) < 4.78 is 0.710. The first-order valence-electron chi connectivity index (χ1n) is 5.54. The molecule has 7 heteroatoms. The molecular weight excluding hydrogens is 286 g/mol. The summed E-state index contributed by atoms with van der Waals surface area (Å²) in [7, 11) is 0. The maximum atomic E-state index is 8.91. The van der Waals surface area contributed by atoms with Crippen molar-refractivity contribution in [2.75, 3.05) is 23.9 Å². The fourth-order valence-electron chi connectivity index (χ4n) is 1.47. The first-order valence-corrected chi connectivity index (χ1v) is 6.34. The van der Waals surface area contributed by atoms with Crippen LogP contribution in [0.2, 0.25) is 0 Å². The summed E-state index contributed by atoms with van der Waals surface area (Å²) >= 11 is 3.37. The van der Waals surface area contributed by atoms with Crippen molar-refractivity contribution in [3.05, 3.63) is 10.8 Å². The number of hydrazine groups is 1. The van der Waals surface area contributed by atoms with Crippen molar-refractivity contribution in [2.24, 2.45) is 11.8 Å². The minimum absolute atomic E-state index is 0.209. The lowest BCUT2D eigenvalue weighted by atomic mass is 10.0. The summed E-state index contributed by atoms with van der Waals surface area (Å²) in [6.07, 6.45) is 3.24. The summed E-state index contributed by atoms with van der Waals surface area (Å²) in [6.45, 7) is 3.07. The van der Waals surface area contributed by atoms with E-state index in [2.05, 4.69) is 43.6 Å². The van der Waals surface area contributed by atoms with E-state index in [1.807, 2.05) is 0 Å². The fraction of sp³-hybridized carbons (Fsp3) is 0.600. The summed E-state index contributed by atoms with van der Waals surface area (Å²) in [4.78, 5) is 8.09. The molecule has 1 unspecified atom stereocenters. The summed E-state index contributed by atoms with van der Waals surface area (Å²) in [5.74, 6) is 6.98. The predicted octanol–water partition coefficient (Wildman–Crippen LogP) is 1.35. The number of halogens is 1. The highest BCUT2D eigenvalue weighted by Crippen LogP contribution is 2.26. The monoisotopic (exact) mass is 303 g/mol. The smallest absolute Gasteiger partial charge is 0.159 e. The van der Waals surface area contributed by atoms with Crippen LogP contribution in [0, 0.1) is 5.92 Å². The lowest BCUT2D eigenvalue weighted by Gasteiger charge is -2.15. The molecule has 6 nitrogen and oxygen atoms in total. The maximum absolute atomic E-state index is 8.91. The highest BCUT2D eigenvalue weighted by molar-refractivity contribution is 9.10. The molecule has 0 aliphatic carbocycles. The fourth-order valence-corrected chi connectivity index (χ4v) is 1.93. The van der Waals surface area contributed by atoms with E-state index in [0.29, 0.717) is 22.0 Å². The van der Waals surface area contributed by atoms with Crippen molar-refractivity contribution < 1.29 is 5.11 Å². The van der Waals surface area contributed by atoms with E-state index < -0.39 is 0 Å². The Morgan fingerprint density at radius 3 is 2.76 bits per heavy atom. The van der Waals surface area contributed by atoms with Gasteiger partial charge in [-0.05, 0) is 28.3 Å². The van der Waals surface area contributed by atoms with Gasteiger partial charge in [-0.1, -0.05) is 13.3 Å². The minimum atomic E-state index is 0.209. The van der Waals surface area contributed by atoms with E-state index in [-0.39, 0.29) is 6.61 Å². The molecule has 1 heterocycles. The van der Waals surface area contributed by atoms with Crippen molar-refractivity contribution in [3.8, 4) is 0 Å². The van der Waals surface area contributed by atoms with Crippen LogP contribution in [-0.4, -0.2) is 28.2 Å². The van der Waals surface area contributed by atoms with Crippen LogP contribution in [0.5, 0.6) is 0 Å². The van der Waals surface area contributed by atoms with Gasteiger partial charge >= 0.3 is 0 Å². The molecule has 0 spiro atoms. The molecule has 0 fully saturated rings. The Bertz CT molecular complexity index is 349. The molecule has 0 saturated carbocycles. The molecule has 0 bridgehead atoms. The number of aliphatic hydroxyl groups excluding tert-OH is 1. The van der Waals surface area contributed by atoms with E-state index in [4.69, 9.17) is 10.9 Å². The first-order chi connectivity index (χ1) is 8.22. The molecule has 17 heavy (non-hydrogen) atoms. The van der Waals surface area contributed by atoms with Crippen LogP contribution in [0.4, 0.5) is 11.6 Å². The van der Waals surface area contributed by atoms with Gasteiger partial charge in [-0.3, -0.25) is 0 Å². The zero-order valence-corrected chi connectivity index (χ0v) is 11.4. The predicted molar refractivity (Wildman–Crippen MR) is 71.5 cm³/mol. The number of rotatable bonds is 7. The molecule has 5 N–H and O–H groups in total. The maximum Gasteiger partial charge on any atom is 0.159 e. The second kappa shape index (κ2) is 7.41. The number of hydrogen-bond donors (Lipinski definition) is 4. The van der Waals surface area contributed by atoms with Crippen LogP contribution in [0.25, 0.3) is 0 Å². The first kappa shape index (κ1) is 14.1. The molecule has 0 radical (unpaired) electrons. The molecule has 0 amide bonds. The Kier molecular flexibility index (Phi) is 6.17. The lowest BCUT2D eigenvalue weighted by molar-refractivity contribution is 0.258. The van der Waals surface area contributed by atoms with E-state index in [9.17, 15) is 0 Å². The molecular formula is C10H18BrN5O. The lowest BCUT2D eigenvalue weighted by Crippen LogP contribution is -2.17. The molecule has 0 aromatic carbocycles. The zero-order chi connectivity index (χ0) is 12.7. The van der Waals surface area contributed by atoms with Gasteiger partial charge in [0.1, 0.15) is 16.6 Å². The standard InChI is InChI=1S/C10H18BrN5O/c1-2-7(3-4-17)5-13-9-8(11)10(16-12)15-6-14-9/h6-7,17H,2-5,12H2,1H3,(H2,13,14,15,16). The molecule has 0 aliphatic rings. The normalized spacial score (nSPS) is 12.2. The number of aliphatic hydroxyl groups is 1. The largest absolute Gasteiger partial charge is 0.396 e. The molecule has 1 aromatic heterocycles. The van der Waals surface area contributed by atoms with Gasteiger partial charge in [-0.15, -0.1) is 0 Å². The average Bonchev–Trinajstić information content (AvgIpc) is 2.36. The van der Waals surface area contributed by atoms with Gasteiger partial charge in [0.05, 0.1) is 0 Å². The molecule has 1 aromatic rings. The number of anilines is 2. The third-order valence-corrected chi connectivity index (χ3v) is 3.35. The van der Waals surface area contributed by atoms with E-state index in [1.165, 1.54) is 6.33 Å². The Morgan fingerprint density at radius 1 is 1.47 bits per heavy atom. The summed E-state index contributed by atoms with van der Waals surface area (Å²) in [5, 5.41) is 12.1. The van der Waals surface area contributed by atoms with Crippen LogP contribution in [0.3, 0.4) is 0 Å². The van der Waals surface area contributed by atoms with Crippen LogP contribution in [0.1, 0.15) is 19.8 Å². The van der Waals surface area contributed by atoms with Crippen molar-refractivity contribution in [1.29, 1.82) is 0 Å². The topological polar surface area (TPSA) is 96.1 Å². The average molecular weight is 304 g/mol. The van der Waals surface area contributed by atoms with E-state index >= 15 is 0 Å². The van der Waals surface area contributed by atoms with Crippen LogP contribution in [0.15, 0.2) is 10.8 Å². The van der Waals surface area contributed by atoms with Gasteiger partial charge in [0.15, 0.2) is 5.82 Å². The number of nitrogens with one attached hydrogen (secondary N) is 2. The third kappa shape index (κ3) is 4.10. The zero-order valence-electron chi connectivity index (χ0n) is 9.78. The quantitative estimate of drug-likeness (QED) is 0.448. The molecule has 0 saturated heterocycles. The number of nitrogens with two attached hydrogens (primary N) is 1. The summed E-state index contributed by atoms with van der Waals surface area (Å²) in [6, 6.07) is 0. The minimum Gasteiger partial charge on any atom is -0.396 e. The van der Waals surface area contributed by atoms with Crippen molar-refractivity contribution in [2.45, 2.75) is 19.8 Å². The number of hydrogen-bond acceptors (Lipinski definition) is 6. The van der Waals surface area contributed by atoms with Gasteiger partial charge in [0.25, 0.3) is 0 Å². The number of nitrogens with zero attached hydrogens (tertiary/aromatic N) is 2. The Balaban J connectivity index is 2.62. The third-order valence-electron chi connectivity index (χ3n) is 2.60. The highest BCUT2D eigenvalue weighted by atomic mass is 79.9. The van der Waals surface area contributed by atoms with Crippen molar-refractivity contribution in [1.82, 2.24) is 9.97 Å². The van der Waals surface area contributed by atoms with Crippen LogP contribution < -0.4 is 16.6 Å². The van der Waals surface area contributed by atoms with Crippen molar-refractivity contribution in [3.63, 3.8) is 0 Å². The Hall–Kier alpha value is -0.920. The van der Waals surface area contributed by atoms with Gasteiger partial charge in [0, 0.05) is 13.2 Å². The van der Waals surface area contributed by atoms with Crippen molar-refractivity contribution >= 4 is 27.6 Å². The SMILES string of the molecule is CCC(CCO)CNc1ncnc(NN)c1Br. The summed E-state index contributed by atoms with van der Waals surface area (Å²) in [5.41, 5.74) is 2.48. The van der Waals surface area contributed by atoms with Gasteiger partial charge in [-0.2, -0.15) is 0 Å². The number of aromatic nitrogens is 2. The molecule has 96 valence electrons. The second-order valence-corrected chi connectivity index (χ2v) is 4.49. The highest BCUT2D eigenvalue weighted by Gasteiger charge is 2.10.